The van der Waals surface area contributed by atoms with Gasteiger partial charge in [0.2, 0.25) is 10.0 Å². The fraction of sp³-hybridized carbons (Fsp3) is 0.538. The van der Waals surface area contributed by atoms with E-state index >= 15 is 0 Å². The van der Waals surface area contributed by atoms with Crippen molar-refractivity contribution in [3.8, 4) is 0 Å². The topological polar surface area (TPSA) is 66.4 Å². The van der Waals surface area contributed by atoms with Crippen LogP contribution in [0.4, 0.5) is 0 Å². The second-order valence-electron chi connectivity index (χ2n) is 4.88. The minimum Gasteiger partial charge on any atom is -0.392 e. The summed E-state index contributed by atoms with van der Waals surface area (Å²) < 4.78 is 26.5. The normalized spacial score (nSPS) is 13.8. The number of aliphatic hydroxyl groups excluding tert-OH is 1. The Balaban J connectivity index is 2.70. The molecule has 1 atom stereocenters. The molecule has 102 valence electrons. The lowest BCUT2D eigenvalue weighted by atomic mass is 10.1. The number of hydrogen-bond donors (Lipinski definition) is 2. The summed E-state index contributed by atoms with van der Waals surface area (Å²) in [5.74, 6) is 0.229. The van der Waals surface area contributed by atoms with Crippen LogP contribution in [0.15, 0.2) is 24.3 Å². The molecule has 1 unspecified atom stereocenters. The van der Waals surface area contributed by atoms with Gasteiger partial charge in [-0.3, -0.25) is 0 Å². The third kappa shape index (κ3) is 4.76. The van der Waals surface area contributed by atoms with Crippen molar-refractivity contribution in [3.63, 3.8) is 0 Å². The molecule has 0 saturated carbocycles. The molecule has 0 aliphatic rings. The average molecular weight is 271 g/mol. The summed E-state index contributed by atoms with van der Waals surface area (Å²) in [7, 11) is -3.31. The number of benzene rings is 1. The van der Waals surface area contributed by atoms with Crippen molar-refractivity contribution in [2.75, 3.05) is 0 Å². The second kappa shape index (κ2) is 6.31. The molecule has 1 aromatic carbocycles. The van der Waals surface area contributed by atoms with Gasteiger partial charge >= 0.3 is 0 Å². The van der Waals surface area contributed by atoms with Crippen LogP contribution < -0.4 is 4.72 Å². The lowest BCUT2D eigenvalue weighted by Gasteiger charge is -2.17. The molecule has 0 aliphatic heterocycles. The van der Waals surface area contributed by atoms with Gasteiger partial charge in [-0.15, -0.1) is 0 Å². The highest BCUT2D eigenvalue weighted by atomic mass is 32.2. The van der Waals surface area contributed by atoms with Crippen molar-refractivity contribution >= 4 is 10.0 Å². The first-order valence-electron chi connectivity index (χ1n) is 6.02. The van der Waals surface area contributed by atoms with Crippen LogP contribution in [0.1, 0.15) is 31.9 Å². The Labute approximate surface area is 109 Å². The van der Waals surface area contributed by atoms with Crippen molar-refractivity contribution < 1.29 is 13.5 Å². The van der Waals surface area contributed by atoms with Crippen LogP contribution >= 0.6 is 0 Å². The van der Waals surface area contributed by atoms with E-state index in [9.17, 15) is 8.42 Å². The molecule has 0 radical (unpaired) electrons. The molecule has 5 heteroatoms. The predicted octanol–water partition coefficient (Wildman–Crippen LogP) is 1.64. The molecule has 1 rings (SSSR count). The number of nitrogens with one attached hydrogen (secondary N) is 1. The summed E-state index contributed by atoms with van der Waals surface area (Å²) in [6.07, 6.45) is 0. The number of hydrogen-bond acceptors (Lipinski definition) is 3. The minimum atomic E-state index is -3.31. The molecule has 2 N–H and O–H groups in total. The largest absolute Gasteiger partial charge is 0.392 e. The van der Waals surface area contributed by atoms with Crippen molar-refractivity contribution in [1.29, 1.82) is 0 Å². The molecule has 0 bridgehead atoms. The summed E-state index contributed by atoms with van der Waals surface area (Å²) in [6.45, 7) is 5.78. The molecule has 0 aromatic heterocycles. The van der Waals surface area contributed by atoms with Gasteiger partial charge in [0.25, 0.3) is 0 Å². The zero-order chi connectivity index (χ0) is 13.8. The van der Waals surface area contributed by atoms with Gasteiger partial charge in [-0.25, -0.2) is 13.1 Å². The van der Waals surface area contributed by atoms with Crippen LogP contribution in [0.5, 0.6) is 0 Å². The minimum absolute atomic E-state index is 0.0320. The molecule has 0 fully saturated rings. The standard InChI is InChI=1S/C13H21NO3S/c1-10(2)11(3)14-18(16,17)9-13-6-4-12(8-15)5-7-13/h4-7,10-11,14-15H,8-9H2,1-3H3. The van der Waals surface area contributed by atoms with Crippen LogP contribution in [0.3, 0.4) is 0 Å². The highest BCUT2D eigenvalue weighted by Crippen LogP contribution is 2.09. The highest BCUT2D eigenvalue weighted by molar-refractivity contribution is 7.88. The lowest BCUT2D eigenvalue weighted by Crippen LogP contribution is -2.36. The van der Waals surface area contributed by atoms with Gasteiger partial charge in [-0.05, 0) is 24.0 Å². The first-order chi connectivity index (χ1) is 8.34. The summed E-state index contributed by atoms with van der Waals surface area (Å²) >= 11 is 0. The summed E-state index contributed by atoms with van der Waals surface area (Å²) in [5, 5.41) is 8.91. The zero-order valence-electron chi connectivity index (χ0n) is 11.1. The fourth-order valence-corrected chi connectivity index (χ4v) is 2.97. The van der Waals surface area contributed by atoms with E-state index in [0.717, 1.165) is 11.1 Å². The monoisotopic (exact) mass is 271 g/mol. The van der Waals surface area contributed by atoms with E-state index in [1.165, 1.54) is 0 Å². The van der Waals surface area contributed by atoms with Gasteiger partial charge in [0, 0.05) is 6.04 Å². The fourth-order valence-electron chi connectivity index (χ4n) is 1.42. The molecule has 0 spiro atoms. The number of rotatable bonds is 6. The molecule has 18 heavy (non-hydrogen) atoms. The van der Waals surface area contributed by atoms with Gasteiger partial charge in [-0.1, -0.05) is 38.1 Å². The van der Waals surface area contributed by atoms with Crippen molar-refractivity contribution in [3.05, 3.63) is 35.4 Å². The van der Waals surface area contributed by atoms with Crippen LogP contribution in [-0.4, -0.2) is 19.6 Å². The van der Waals surface area contributed by atoms with Crippen LogP contribution in [0.2, 0.25) is 0 Å². The van der Waals surface area contributed by atoms with E-state index in [1.54, 1.807) is 24.3 Å². The van der Waals surface area contributed by atoms with Gasteiger partial charge in [-0.2, -0.15) is 0 Å². The van der Waals surface area contributed by atoms with E-state index in [2.05, 4.69) is 4.72 Å². The Morgan fingerprint density at radius 2 is 1.61 bits per heavy atom. The van der Waals surface area contributed by atoms with E-state index in [-0.39, 0.29) is 24.3 Å². The van der Waals surface area contributed by atoms with Crippen LogP contribution in [0.25, 0.3) is 0 Å². The maximum atomic E-state index is 11.9. The maximum absolute atomic E-state index is 11.9. The van der Waals surface area contributed by atoms with Gasteiger partial charge in [0.05, 0.1) is 12.4 Å². The third-order valence-electron chi connectivity index (χ3n) is 2.93. The van der Waals surface area contributed by atoms with Crippen molar-refractivity contribution in [2.45, 2.75) is 39.2 Å². The Morgan fingerprint density at radius 3 is 2.06 bits per heavy atom. The molecule has 1 aromatic rings. The third-order valence-corrected chi connectivity index (χ3v) is 4.37. The van der Waals surface area contributed by atoms with E-state index < -0.39 is 10.0 Å². The lowest BCUT2D eigenvalue weighted by molar-refractivity contribution is 0.282. The highest BCUT2D eigenvalue weighted by Gasteiger charge is 2.17. The van der Waals surface area contributed by atoms with Gasteiger partial charge < -0.3 is 5.11 Å². The summed E-state index contributed by atoms with van der Waals surface area (Å²) in [5.41, 5.74) is 1.50. The summed E-state index contributed by atoms with van der Waals surface area (Å²) in [6, 6.07) is 6.84. The number of aliphatic hydroxyl groups is 1. The van der Waals surface area contributed by atoms with E-state index in [4.69, 9.17) is 5.11 Å². The Hall–Kier alpha value is -0.910. The maximum Gasteiger partial charge on any atom is 0.216 e. The Bertz CT molecular complexity index is 466. The molecule has 0 saturated heterocycles. The SMILES string of the molecule is CC(C)C(C)NS(=O)(=O)Cc1ccc(CO)cc1. The first kappa shape index (κ1) is 15.1. The van der Waals surface area contributed by atoms with E-state index in [0.29, 0.717) is 0 Å². The first-order valence-corrected chi connectivity index (χ1v) is 7.68. The molecular formula is C13H21NO3S. The average Bonchev–Trinajstić information content (AvgIpc) is 2.28. The van der Waals surface area contributed by atoms with Gasteiger partial charge in [0.15, 0.2) is 0 Å². The number of sulfonamides is 1. The molecule has 0 aliphatic carbocycles. The molecule has 0 amide bonds. The summed E-state index contributed by atoms with van der Waals surface area (Å²) in [4.78, 5) is 0. The van der Waals surface area contributed by atoms with Crippen LogP contribution in [0, 0.1) is 5.92 Å². The van der Waals surface area contributed by atoms with Crippen molar-refractivity contribution in [2.24, 2.45) is 5.92 Å². The van der Waals surface area contributed by atoms with Crippen LogP contribution in [-0.2, 0) is 22.4 Å². The van der Waals surface area contributed by atoms with E-state index in [1.807, 2.05) is 20.8 Å². The molecular weight excluding hydrogens is 250 g/mol. The smallest absolute Gasteiger partial charge is 0.216 e. The zero-order valence-corrected chi connectivity index (χ0v) is 11.9. The second-order valence-corrected chi connectivity index (χ2v) is 6.64. The molecule has 0 heterocycles. The molecule has 4 nitrogen and oxygen atoms in total. The van der Waals surface area contributed by atoms with Gasteiger partial charge in [0.1, 0.15) is 0 Å². The Kier molecular flexibility index (Phi) is 5.31. The quantitative estimate of drug-likeness (QED) is 0.826. The Morgan fingerprint density at radius 1 is 1.11 bits per heavy atom. The van der Waals surface area contributed by atoms with Crippen molar-refractivity contribution in [1.82, 2.24) is 4.72 Å². The predicted molar refractivity (Wildman–Crippen MR) is 72.4 cm³/mol.